The predicted molar refractivity (Wildman–Crippen MR) is 62.6 cm³/mol. The minimum absolute atomic E-state index is 0.684. The largest absolute Gasteiger partial charge is 0.376 e. The second-order valence-corrected chi connectivity index (χ2v) is 3.87. The van der Waals surface area contributed by atoms with Crippen LogP contribution in [0.15, 0.2) is 47.2 Å². The summed E-state index contributed by atoms with van der Waals surface area (Å²) in [7, 11) is 0. The predicted octanol–water partition coefficient (Wildman–Crippen LogP) is 2.83. The van der Waals surface area contributed by atoms with Crippen LogP contribution >= 0.6 is 11.3 Å². The van der Waals surface area contributed by atoms with Gasteiger partial charge in [-0.25, -0.2) is 0 Å². The molecule has 1 atom stereocenters. The van der Waals surface area contributed by atoms with Crippen LogP contribution in [0, 0.1) is 11.8 Å². The third-order valence-electron chi connectivity index (χ3n) is 1.99. The first-order valence-corrected chi connectivity index (χ1v) is 5.57. The topological polar surface area (TPSA) is 20.2 Å². The number of rotatable bonds is 1. The van der Waals surface area contributed by atoms with Crippen molar-refractivity contribution in [2.75, 3.05) is 0 Å². The highest BCUT2D eigenvalue weighted by Crippen LogP contribution is 2.15. The van der Waals surface area contributed by atoms with Gasteiger partial charge in [0.2, 0.25) is 0 Å². The third-order valence-corrected chi connectivity index (χ3v) is 2.69. The van der Waals surface area contributed by atoms with Crippen LogP contribution in [0.1, 0.15) is 17.2 Å². The Bertz CT molecular complexity index is 462. The summed E-state index contributed by atoms with van der Waals surface area (Å²) in [5.74, 6) is 5.75. The van der Waals surface area contributed by atoms with Crippen molar-refractivity contribution in [2.45, 2.75) is 6.10 Å². The molecule has 1 aromatic carbocycles. The van der Waals surface area contributed by atoms with E-state index in [2.05, 4.69) is 11.8 Å². The van der Waals surface area contributed by atoms with Gasteiger partial charge in [-0.2, -0.15) is 11.3 Å². The van der Waals surface area contributed by atoms with E-state index in [1.807, 2.05) is 47.2 Å². The third kappa shape index (κ3) is 2.69. The van der Waals surface area contributed by atoms with Gasteiger partial charge in [0.25, 0.3) is 0 Å². The molecule has 1 N–H and O–H groups in total. The quantitative estimate of drug-likeness (QED) is 0.724. The molecule has 0 unspecified atom stereocenters. The molecule has 2 aromatic rings. The maximum Gasteiger partial charge on any atom is 0.141 e. The molecular formula is C13H10OS. The summed E-state index contributed by atoms with van der Waals surface area (Å²) < 4.78 is 0. The Morgan fingerprint density at radius 2 is 1.93 bits per heavy atom. The first-order valence-electron chi connectivity index (χ1n) is 4.63. The second-order valence-electron chi connectivity index (χ2n) is 3.09. The van der Waals surface area contributed by atoms with Gasteiger partial charge < -0.3 is 5.11 Å². The minimum atomic E-state index is -0.684. The smallest absolute Gasteiger partial charge is 0.141 e. The lowest BCUT2D eigenvalue weighted by Gasteiger charge is -1.97. The molecule has 0 aliphatic rings. The van der Waals surface area contributed by atoms with E-state index in [-0.39, 0.29) is 0 Å². The highest BCUT2D eigenvalue weighted by Gasteiger charge is 2.02. The van der Waals surface area contributed by atoms with Crippen molar-refractivity contribution in [3.8, 4) is 11.8 Å². The summed E-state index contributed by atoms with van der Waals surface area (Å²) in [5, 5.41) is 13.5. The molecule has 0 spiro atoms. The van der Waals surface area contributed by atoms with Gasteiger partial charge in [0.05, 0.1) is 0 Å². The summed E-state index contributed by atoms with van der Waals surface area (Å²) in [5.41, 5.74) is 1.79. The van der Waals surface area contributed by atoms with Gasteiger partial charge in [-0.3, -0.25) is 0 Å². The summed E-state index contributed by atoms with van der Waals surface area (Å²) >= 11 is 1.56. The van der Waals surface area contributed by atoms with Crippen LogP contribution in [0.5, 0.6) is 0 Å². The number of thiophene rings is 1. The maximum absolute atomic E-state index is 9.70. The number of benzene rings is 1. The average molecular weight is 214 g/mol. The van der Waals surface area contributed by atoms with E-state index in [1.54, 1.807) is 11.3 Å². The van der Waals surface area contributed by atoms with Crippen molar-refractivity contribution in [1.82, 2.24) is 0 Å². The molecule has 2 rings (SSSR count). The summed E-state index contributed by atoms with van der Waals surface area (Å²) in [6.07, 6.45) is -0.684. The van der Waals surface area contributed by atoms with Gasteiger partial charge in [0.15, 0.2) is 0 Å². The number of hydrogen-bond donors (Lipinski definition) is 1. The van der Waals surface area contributed by atoms with Crippen molar-refractivity contribution in [3.63, 3.8) is 0 Å². The van der Waals surface area contributed by atoms with Crippen molar-refractivity contribution in [2.24, 2.45) is 0 Å². The fraction of sp³-hybridized carbons (Fsp3) is 0.0769. The van der Waals surface area contributed by atoms with Crippen molar-refractivity contribution < 1.29 is 5.11 Å². The van der Waals surface area contributed by atoms with E-state index in [1.165, 1.54) is 0 Å². The fourth-order valence-corrected chi connectivity index (χ4v) is 1.87. The highest BCUT2D eigenvalue weighted by molar-refractivity contribution is 7.07. The van der Waals surface area contributed by atoms with E-state index in [0.717, 1.165) is 11.1 Å². The van der Waals surface area contributed by atoms with Gasteiger partial charge in [-0.1, -0.05) is 30.0 Å². The van der Waals surface area contributed by atoms with Crippen LogP contribution in [-0.4, -0.2) is 5.11 Å². The lowest BCUT2D eigenvalue weighted by atomic mass is 10.2. The average Bonchev–Trinajstić information content (AvgIpc) is 2.81. The van der Waals surface area contributed by atoms with Gasteiger partial charge in [0, 0.05) is 11.1 Å². The highest BCUT2D eigenvalue weighted by atomic mass is 32.1. The molecule has 2 heteroatoms. The Hall–Kier alpha value is -1.56. The molecule has 0 saturated carbocycles. The first kappa shape index (κ1) is 9.97. The van der Waals surface area contributed by atoms with Crippen molar-refractivity contribution in [1.29, 1.82) is 0 Å². The first-order chi connectivity index (χ1) is 7.36. The normalized spacial score (nSPS) is 11.5. The molecule has 0 fully saturated rings. The van der Waals surface area contributed by atoms with Gasteiger partial charge >= 0.3 is 0 Å². The van der Waals surface area contributed by atoms with E-state index in [4.69, 9.17) is 0 Å². The van der Waals surface area contributed by atoms with Crippen LogP contribution in [0.3, 0.4) is 0 Å². The number of aliphatic hydroxyl groups is 1. The van der Waals surface area contributed by atoms with Gasteiger partial charge in [-0.05, 0) is 29.0 Å². The van der Waals surface area contributed by atoms with Crippen LogP contribution in [0.4, 0.5) is 0 Å². The monoisotopic (exact) mass is 214 g/mol. The molecule has 0 amide bonds. The summed E-state index contributed by atoms with van der Waals surface area (Å²) in [6, 6.07) is 11.5. The molecule has 0 aliphatic carbocycles. The zero-order chi connectivity index (χ0) is 10.5. The zero-order valence-corrected chi connectivity index (χ0v) is 8.87. The molecule has 1 heterocycles. The second kappa shape index (κ2) is 4.79. The number of aliphatic hydroxyl groups excluding tert-OH is 1. The SMILES string of the molecule is O[C@H](C#Cc1ccccc1)c1ccsc1. The van der Waals surface area contributed by atoms with Gasteiger partial charge in [-0.15, -0.1) is 0 Å². The molecule has 0 bridgehead atoms. The Balaban J connectivity index is 2.13. The van der Waals surface area contributed by atoms with E-state index in [0.29, 0.717) is 0 Å². The maximum atomic E-state index is 9.70. The Morgan fingerprint density at radius 1 is 1.13 bits per heavy atom. The lowest BCUT2D eigenvalue weighted by molar-refractivity contribution is 0.239. The molecular weight excluding hydrogens is 204 g/mol. The molecule has 0 saturated heterocycles. The van der Waals surface area contributed by atoms with Crippen molar-refractivity contribution in [3.05, 3.63) is 58.3 Å². The van der Waals surface area contributed by atoms with Crippen LogP contribution < -0.4 is 0 Å². The van der Waals surface area contributed by atoms with E-state index < -0.39 is 6.10 Å². The molecule has 0 aliphatic heterocycles. The Kier molecular flexibility index (Phi) is 3.18. The molecule has 0 radical (unpaired) electrons. The standard InChI is InChI=1S/C13H10OS/c14-13(12-8-9-15-10-12)7-6-11-4-2-1-3-5-11/h1-5,8-10,13-14H/t13-/m1/s1. The fourth-order valence-electron chi connectivity index (χ4n) is 1.19. The Morgan fingerprint density at radius 3 is 2.60 bits per heavy atom. The molecule has 15 heavy (non-hydrogen) atoms. The van der Waals surface area contributed by atoms with Crippen molar-refractivity contribution >= 4 is 11.3 Å². The molecule has 74 valence electrons. The van der Waals surface area contributed by atoms with E-state index in [9.17, 15) is 5.11 Å². The number of hydrogen-bond acceptors (Lipinski definition) is 2. The van der Waals surface area contributed by atoms with Gasteiger partial charge in [0.1, 0.15) is 6.10 Å². The lowest BCUT2D eigenvalue weighted by Crippen LogP contribution is -1.90. The summed E-state index contributed by atoms with van der Waals surface area (Å²) in [6.45, 7) is 0. The molecule has 1 aromatic heterocycles. The van der Waals surface area contributed by atoms with Crippen LogP contribution in [0.2, 0.25) is 0 Å². The Labute approximate surface area is 93.0 Å². The minimum Gasteiger partial charge on any atom is -0.376 e. The van der Waals surface area contributed by atoms with Crippen LogP contribution in [-0.2, 0) is 0 Å². The zero-order valence-electron chi connectivity index (χ0n) is 8.05. The summed E-state index contributed by atoms with van der Waals surface area (Å²) in [4.78, 5) is 0. The van der Waals surface area contributed by atoms with Crippen LogP contribution in [0.25, 0.3) is 0 Å². The molecule has 1 nitrogen and oxygen atoms in total. The van der Waals surface area contributed by atoms with E-state index >= 15 is 0 Å².